The van der Waals surface area contributed by atoms with Crippen LogP contribution < -0.4 is 5.73 Å². The minimum Gasteiger partial charge on any atom is -0.393 e. The van der Waals surface area contributed by atoms with Gasteiger partial charge in [0.15, 0.2) is 31.5 Å². The smallest absolute Gasteiger partial charge is 0.169 e. The zero-order valence-corrected chi connectivity index (χ0v) is 66.7. The van der Waals surface area contributed by atoms with E-state index in [1.54, 1.807) is 0 Å². The SMILES string of the molecule is C.C#CCOCCOCCOCCOC[C@@]12CO[C@@H](O1)[C@H](CC(C)=O)[C@@H](O)[C@H]2O.CC(=O)C[C@H]1[C@H]2OC[C@](COCCOCCOCCOCCN)(O2)[C@H](O)[C@@H]1O.CC(=O)C[C@H]1[C@H]2OC[C@](COCCOCCOCCOCCN=[N+]=[N-])(O2)[C@H](O)[C@@H]1O.CO[C@@H]1OC(CO)(CO)[C@H](O)[C@H](O)[C@H]1N=[N+]=[N-].[N-]=[N+]=N[C@H]1[C@H]2OC[C@](CO)(O2)[C@H](O)[C@@H]1O. The number of Topliss-reactive ketones (excluding diaryl/α,β-unsaturated/α-hetero) is 3. The zero-order chi connectivity index (χ0) is 86.7. The van der Waals surface area contributed by atoms with Gasteiger partial charge in [-0.15, -0.1) is 6.42 Å². The second-order valence-corrected chi connectivity index (χ2v) is 28.5. The van der Waals surface area contributed by atoms with Crippen LogP contribution in [0.4, 0.5) is 0 Å². The molecule has 0 aromatic carbocycles. The molecule has 9 aliphatic heterocycles. The molecule has 9 rings (SSSR count). The fraction of sp³-hybridized carbons (Fsp3) is 0.930. The maximum absolute atomic E-state index is 11.4. The Bertz CT molecular complexity index is 3080. The first-order valence-electron chi connectivity index (χ1n) is 38.4. The summed E-state index contributed by atoms with van der Waals surface area (Å²) in [5, 5.41) is 139. The van der Waals surface area contributed by atoms with E-state index in [2.05, 4.69) is 36.0 Å². The van der Waals surface area contributed by atoms with Crippen LogP contribution in [0.15, 0.2) is 15.3 Å². The zero-order valence-electron chi connectivity index (χ0n) is 66.7. The summed E-state index contributed by atoms with van der Waals surface area (Å²) in [5.74, 6) is 0.328. The molecule has 48 heteroatoms. The Labute approximate surface area is 687 Å². The van der Waals surface area contributed by atoms with Crippen molar-refractivity contribution in [3.63, 3.8) is 0 Å². The van der Waals surface area contributed by atoms with Gasteiger partial charge in [-0.2, -0.15) is 0 Å². The molecule has 119 heavy (non-hydrogen) atoms. The van der Waals surface area contributed by atoms with Crippen LogP contribution in [0.2, 0.25) is 0 Å². The fourth-order valence-electron chi connectivity index (χ4n) is 13.5. The van der Waals surface area contributed by atoms with Gasteiger partial charge in [-0.25, -0.2) is 0 Å². The molecule has 0 unspecified atom stereocenters. The van der Waals surface area contributed by atoms with Gasteiger partial charge < -0.3 is 191 Å². The number of carbonyl (C=O) groups is 3. The number of carbonyl (C=O) groups excluding carboxylic acids is 3. The number of hydrogen-bond acceptors (Lipinski definition) is 42. The van der Waals surface area contributed by atoms with Crippen LogP contribution >= 0.6 is 0 Å². The maximum atomic E-state index is 11.4. The number of nitrogens with zero attached hydrogens (tertiary/aromatic N) is 9. The van der Waals surface area contributed by atoms with Crippen molar-refractivity contribution in [1.29, 1.82) is 0 Å². The molecule has 9 aliphatic rings. The largest absolute Gasteiger partial charge is 0.393 e. The summed E-state index contributed by atoms with van der Waals surface area (Å²) < 4.78 is 119. The van der Waals surface area contributed by atoms with E-state index in [0.29, 0.717) is 139 Å². The first-order chi connectivity index (χ1) is 56.7. The lowest BCUT2D eigenvalue weighted by Gasteiger charge is -2.46. The maximum Gasteiger partial charge on any atom is 0.169 e. The van der Waals surface area contributed by atoms with Crippen molar-refractivity contribution in [2.24, 2.45) is 38.8 Å². The molecule has 48 nitrogen and oxygen atoms in total. The summed E-state index contributed by atoms with van der Waals surface area (Å²) >= 11 is 0. The van der Waals surface area contributed by atoms with E-state index < -0.39 is 170 Å². The van der Waals surface area contributed by atoms with Crippen LogP contribution in [0, 0.1) is 30.1 Å². The molecule has 0 amide bonds. The van der Waals surface area contributed by atoms with Crippen molar-refractivity contribution < 1.29 is 185 Å². The summed E-state index contributed by atoms with van der Waals surface area (Å²) in [6.07, 6.45) is -11.6. The standard InChI is InChI=1S/C19H30O9.C18H31N3O9.C18H33NO9.C8H15N3O6.C7H11N3O5.CH4/c1-3-4-23-5-6-24-7-8-25-9-10-26-12-19-13-27-18(28-19)15(11-14(2)20)16(21)17(19)22;1-13(22)10-14-15(23)16(24)18(12-29-17(14)30-18)11-28-9-8-27-7-6-26-5-4-25-3-2-20-21-19;1-13(20)10-14-15(21)16(22)18(12-27-17(14)28-18)11-26-9-8-25-7-6-24-5-4-23-3-2-19;1-16-7-4(10-11-9)5(14)6(15)8(2-12,3-13)17-7;8-10-9-3-4(12)5(13)7(1-11)2-14-6(3)15-7;/h1,15-18,21-22H,4-13H2,2H3;14-17,23-24H,2-12H2,1H3;14-17,21-22H,2-12,19H2,1H3;4-7,12-15H,2-3H2,1H3;3-6,11-13H,1-2H2;1H4/t15-,16-,17-,18+,19+;2*14-,15-,16-,17+,18+;4-,5-,6-,7-;3-,4-,5-,6+,7+;/m11111./s1. The summed E-state index contributed by atoms with van der Waals surface area (Å²) in [6.45, 7) is 11.9. The molecule has 24 atom stereocenters. The highest BCUT2D eigenvalue weighted by Gasteiger charge is 2.63. The van der Waals surface area contributed by atoms with Crippen LogP contribution in [0.3, 0.4) is 0 Å². The molecule has 15 N–H and O–H groups in total. The highest BCUT2D eigenvalue weighted by Crippen LogP contribution is 2.45. The fourth-order valence-corrected chi connectivity index (χ4v) is 13.5. The third kappa shape index (κ3) is 31.6. The molecular weight excluding hydrogens is 1600 g/mol. The number of methoxy groups -OCH3 is 1. The van der Waals surface area contributed by atoms with Gasteiger partial charge in [-0.05, 0) is 37.4 Å². The van der Waals surface area contributed by atoms with Crippen LogP contribution in [0.1, 0.15) is 47.5 Å². The number of ketones is 3. The number of aliphatic hydroxyl groups excluding tert-OH is 13. The van der Waals surface area contributed by atoms with Crippen LogP contribution in [-0.4, -0.2) is 441 Å². The Kier molecular flexibility index (Phi) is 50.2. The van der Waals surface area contributed by atoms with Crippen molar-refractivity contribution >= 4 is 17.3 Å². The van der Waals surface area contributed by atoms with E-state index in [0.717, 1.165) is 0 Å². The van der Waals surface area contributed by atoms with Crippen molar-refractivity contribution in [2.45, 2.75) is 180 Å². The number of rotatable bonds is 51. The number of terminal acetylenes is 1. The third-order valence-corrected chi connectivity index (χ3v) is 19.9. The minimum absolute atomic E-state index is 0. The molecular formula is C71H124N10O38. The first kappa shape index (κ1) is 106. The van der Waals surface area contributed by atoms with Gasteiger partial charge in [0, 0.05) is 72.0 Å². The average Bonchev–Trinajstić information content (AvgIpc) is 1.60. The molecule has 686 valence electrons. The molecule has 0 aliphatic carbocycles. The highest BCUT2D eigenvalue weighted by atomic mass is 16.8. The second kappa shape index (κ2) is 56.1. The number of aliphatic hydroxyl groups is 13. The van der Waals surface area contributed by atoms with Gasteiger partial charge in [0.05, 0.1) is 229 Å². The first-order valence-corrected chi connectivity index (χ1v) is 38.4. The molecule has 0 radical (unpaired) electrons. The Morgan fingerprint density at radius 1 is 0.420 bits per heavy atom. The van der Waals surface area contributed by atoms with E-state index in [1.165, 1.54) is 27.9 Å². The lowest BCUT2D eigenvalue weighted by Crippen LogP contribution is -2.67. The quantitative estimate of drug-likeness (QED) is 0.00889. The molecule has 9 saturated heterocycles. The number of nitrogens with two attached hydrogens (primary N) is 1. The van der Waals surface area contributed by atoms with Gasteiger partial charge in [0.2, 0.25) is 0 Å². The minimum atomic E-state index is -1.75. The van der Waals surface area contributed by atoms with E-state index in [4.69, 9.17) is 148 Å². The number of azide groups is 3. The molecule has 0 aromatic rings. The highest BCUT2D eigenvalue weighted by molar-refractivity contribution is 5.76. The van der Waals surface area contributed by atoms with Gasteiger partial charge in [-0.3, -0.25) is 0 Å². The van der Waals surface area contributed by atoms with E-state index in [1.807, 2.05) is 0 Å². The van der Waals surface area contributed by atoms with Crippen molar-refractivity contribution in [3.8, 4) is 12.3 Å². The molecule has 9 fully saturated rings. The van der Waals surface area contributed by atoms with E-state index in [9.17, 15) is 65.4 Å². The third-order valence-electron chi connectivity index (χ3n) is 19.9. The molecule has 8 bridgehead atoms. The van der Waals surface area contributed by atoms with Crippen LogP contribution in [-0.2, 0) is 119 Å². The Morgan fingerprint density at radius 2 is 0.731 bits per heavy atom. The van der Waals surface area contributed by atoms with Crippen molar-refractivity contribution in [2.75, 3.05) is 225 Å². The molecule has 0 aromatic heterocycles. The number of fused-ring (bicyclic) bond motifs is 8. The van der Waals surface area contributed by atoms with Crippen molar-refractivity contribution in [1.82, 2.24) is 0 Å². The topological polar surface area (TPSA) is 690 Å². The van der Waals surface area contributed by atoms with Gasteiger partial charge in [0.25, 0.3) is 0 Å². The summed E-state index contributed by atoms with van der Waals surface area (Å²) in [4.78, 5) is 41.7. The average molecular weight is 1730 g/mol. The normalized spacial score (nSPS) is 33.9. The summed E-state index contributed by atoms with van der Waals surface area (Å²) in [6, 6.07) is -2.15. The monoisotopic (exact) mass is 1720 g/mol. The molecule has 0 saturated carbocycles. The van der Waals surface area contributed by atoms with Gasteiger partial charge >= 0.3 is 0 Å². The second-order valence-electron chi connectivity index (χ2n) is 28.5. The van der Waals surface area contributed by atoms with Gasteiger partial charge in [0.1, 0.15) is 94.6 Å². The predicted octanol–water partition coefficient (Wildman–Crippen LogP) is -5.36. The summed E-state index contributed by atoms with van der Waals surface area (Å²) in [5.41, 5.74) is 23.6. The lowest BCUT2D eigenvalue weighted by molar-refractivity contribution is -0.311. The van der Waals surface area contributed by atoms with Crippen LogP contribution in [0.25, 0.3) is 31.3 Å². The number of hydrogen-bond donors (Lipinski definition) is 14. The van der Waals surface area contributed by atoms with E-state index in [-0.39, 0.29) is 104 Å². The van der Waals surface area contributed by atoms with E-state index >= 15 is 0 Å². The Balaban J connectivity index is 0.000000319. The molecule has 9 heterocycles. The summed E-state index contributed by atoms with van der Waals surface area (Å²) in [7, 11) is 1.24. The Morgan fingerprint density at radius 3 is 1.06 bits per heavy atom. The van der Waals surface area contributed by atoms with Gasteiger partial charge in [-0.1, -0.05) is 28.7 Å². The lowest BCUT2D eigenvalue weighted by atomic mass is 9.83. The Hall–Kier alpha value is -4.94. The van der Waals surface area contributed by atoms with Crippen LogP contribution in [0.5, 0.6) is 0 Å². The number of ether oxygens (including phenoxy) is 22. The molecule has 0 spiro atoms. The van der Waals surface area contributed by atoms with Crippen molar-refractivity contribution in [3.05, 3.63) is 31.3 Å². The predicted molar refractivity (Wildman–Crippen MR) is 401 cm³/mol.